The topological polar surface area (TPSA) is 32.6 Å². The Morgan fingerprint density at radius 1 is 0.833 bits per heavy atom. The minimum Gasteiger partial charge on any atom is -0.507 e. The van der Waals surface area contributed by atoms with E-state index in [9.17, 15) is 5.11 Å². The van der Waals surface area contributed by atoms with E-state index in [1.807, 2.05) is 36.5 Å². The highest BCUT2D eigenvalue weighted by molar-refractivity contribution is 5.85. The van der Waals surface area contributed by atoms with Crippen LogP contribution in [0.1, 0.15) is 54.9 Å². The van der Waals surface area contributed by atoms with Gasteiger partial charge in [-0.2, -0.15) is 0 Å². The molecule has 0 saturated heterocycles. The molecule has 3 aromatic rings. The van der Waals surface area contributed by atoms with Crippen molar-refractivity contribution in [2.24, 2.45) is 16.8 Å². The molecule has 2 aliphatic rings. The molecule has 0 spiro atoms. The molecule has 2 nitrogen and oxygen atoms in total. The summed E-state index contributed by atoms with van der Waals surface area (Å²) in [6, 6.07) is 27.4. The van der Waals surface area contributed by atoms with Crippen LogP contribution in [0, 0.1) is 11.8 Å². The lowest BCUT2D eigenvalue weighted by molar-refractivity contribution is 0.421. The summed E-state index contributed by atoms with van der Waals surface area (Å²) in [6.07, 6.45) is 7.17. The van der Waals surface area contributed by atoms with Crippen LogP contribution in [0.25, 0.3) is 0 Å². The Morgan fingerprint density at radius 2 is 1.50 bits per heavy atom. The van der Waals surface area contributed by atoms with Crippen LogP contribution >= 0.6 is 0 Å². The van der Waals surface area contributed by atoms with Crippen molar-refractivity contribution in [2.45, 2.75) is 44.1 Å². The van der Waals surface area contributed by atoms with Gasteiger partial charge in [0.15, 0.2) is 0 Å². The molecule has 1 N–H and O–H groups in total. The molecule has 3 aromatic carbocycles. The van der Waals surface area contributed by atoms with Gasteiger partial charge in [0.2, 0.25) is 0 Å². The number of nitrogens with zero attached hydrogens (tertiary/aromatic N) is 1. The minimum absolute atomic E-state index is 0.333. The van der Waals surface area contributed by atoms with Crippen molar-refractivity contribution in [2.75, 3.05) is 0 Å². The zero-order valence-electron chi connectivity index (χ0n) is 17.5. The fourth-order valence-corrected chi connectivity index (χ4v) is 5.66. The Labute approximate surface area is 179 Å². The number of benzene rings is 3. The quantitative estimate of drug-likeness (QED) is 0.396. The van der Waals surface area contributed by atoms with Gasteiger partial charge >= 0.3 is 0 Å². The number of phenols is 1. The van der Waals surface area contributed by atoms with E-state index in [-0.39, 0.29) is 0 Å². The van der Waals surface area contributed by atoms with E-state index in [0.717, 1.165) is 34.1 Å². The summed E-state index contributed by atoms with van der Waals surface area (Å²) < 4.78 is 0. The third kappa shape index (κ3) is 3.25. The summed E-state index contributed by atoms with van der Waals surface area (Å²) in [4.78, 5) is 4.92. The molecule has 0 heterocycles. The van der Waals surface area contributed by atoms with Crippen molar-refractivity contribution >= 4 is 6.21 Å². The van der Waals surface area contributed by atoms with Crippen LogP contribution in [0.3, 0.4) is 0 Å². The summed E-state index contributed by atoms with van der Waals surface area (Å²) >= 11 is 0. The van der Waals surface area contributed by atoms with Gasteiger partial charge in [0.05, 0.1) is 6.04 Å². The second kappa shape index (κ2) is 7.75. The van der Waals surface area contributed by atoms with Gasteiger partial charge in [-0.1, -0.05) is 79.2 Å². The van der Waals surface area contributed by atoms with Crippen LogP contribution < -0.4 is 0 Å². The highest BCUT2D eigenvalue weighted by Crippen LogP contribution is 2.46. The standard InChI is InChI=1S/C28H29NO/c1-28(23-10-4-2-5-11-23,24-12-6-3-7-13-24)25-14-8-9-22(27(25)30)19-29-26-18-20-15-16-21(26)17-20/h2-14,19-21,26,30H,15-18H2,1H3. The monoisotopic (exact) mass is 395 g/mol. The molecule has 3 unspecified atom stereocenters. The van der Waals surface area contributed by atoms with Gasteiger partial charge in [-0.15, -0.1) is 0 Å². The fourth-order valence-electron chi connectivity index (χ4n) is 5.66. The molecule has 3 atom stereocenters. The van der Waals surface area contributed by atoms with Crippen molar-refractivity contribution in [1.29, 1.82) is 0 Å². The Morgan fingerprint density at radius 3 is 2.07 bits per heavy atom. The molecular formula is C28H29NO. The van der Waals surface area contributed by atoms with Crippen LogP contribution in [0.15, 0.2) is 83.9 Å². The maximum absolute atomic E-state index is 11.4. The Balaban J connectivity index is 1.56. The summed E-state index contributed by atoms with van der Waals surface area (Å²) in [5, 5.41) is 11.4. The van der Waals surface area contributed by atoms with Crippen LogP contribution in [-0.2, 0) is 5.41 Å². The average Bonchev–Trinajstić information content (AvgIpc) is 3.43. The van der Waals surface area contributed by atoms with Crippen LogP contribution in [0.2, 0.25) is 0 Å². The number of para-hydroxylation sites is 1. The number of hydrogen-bond acceptors (Lipinski definition) is 2. The Kier molecular flexibility index (Phi) is 4.94. The molecule has 2 saturated carbocycles. The van der Waals surface area contributed by atoms with Crippen LogP contribution in [0.4, 0.5) is 0 Å². The third-order valence-electron chi connectivity index (χ3n) is 7.41. The first-order chi connectivity index (χ1) is 14.7. The Bertz CT molecular complexity index is 1000. The second-order valence-electron chi connectivity index (χ2n) is 9.12. The zero-order chi connectivity index (χ0) is 20.6. The van der Waals surface area contributed by atoms with E-state index in [1.54, 1.807) is 0 Å². The predicted octanol–water partition coefficient (Wildman–Crippen LogP) is 6.35. The van der Waals surface area contributed by atoms with E-state index >= 15 is 0 Å². The van der Waals surface area contributed by atoms with Gasteiger partial charge in [-0.3, -0.25) is 4.99 Å². The Hall–Kier alpha value is -2.87. The molecule has 2 fully saturated rings. The first-order valence-corrected chi connectivity index (χ1v) is 11.1. The lowest BCUT2D eigenvalue weighted by Crippen LogP contribution is -2.25. The van der Waals surface area contributed by atoms with E-state index in [4.69, 9.17) is 4.99 Å². The molecule has 0 aromatic heterocycles. The molecule has 2 aliphatic carbocycles. The number of hydrogen-bond donors (Lipinski definition) is 1. The van der Waals surface area contributed by atoms with E-state index in [2.05, 4.69) is 55.5 Å². The first kappa shape index (κ1) is 19.1. The molecule has 2 bridgehead atoms. The van der Waals surface area contributed by atoms with Gasteiger partial charge < -0.3 is 5.11 Å². The van der Waals surface area contributed by atoms with Crippen LogP contribution in [-0.4, -0.2) is 17.4 Å². The van der Waals surface area contributed by atoms with Gasteiger partial charge in [0, 0.05) is 22.8 Å². The molecule has 5 rings (SSSR count). The van der Waals surface area contributed by atoms with E-state index in [1.165, 1.54) is 25.7 Å². The molecule has 152 valence electrons. The average molecular weight is 396 g/mol. The highest BCUT2D eigenvalue weighted by atomic mass is 16.3. The molecule has 30 heavy (non-hydrogen) atoms. The second-order valence-corrected chi connectivity index (χ2v) is 9.12. The largest absolute Gasteiger partial charge is 0.507 e. The molecule has 0 amide bonds. The summed E-state index contributed by atoms with van der Waals surface area (Å²) in [5.74, 6) is 1.95. The highest BCUT2D eigenvalue weighted by Gasteiger charge is 2.39. The van der Waals surface area contributed by atoms with Crippen molar-refractivity contribution in [3.05, 3.63) is 101 Å². The number of fused-ring (bicyclic) bond motifs is 2. The number of aromatic hydroxyl groups is 1. The summed E-state index contributed by atoms with van der Waals surface area (Å²) in [7, 11) is 0. The fraction of sp³-hybridized carbons (Fsp3) is 0.321. The van der Waals surface area contributed by atoms with E-state index in [0.29, 0.717) is 11.8 Å². The first-order valence-electron chi connectivity index (χ1n) is 11.1. The normalized spacial score (nSPS) is 23.3. The molecular weight excluding hydrogens is 366 g/mol. The van der Waals surface area contributed by atoms with Crippen molar-refractivity contribution in [3.8, 4) is 5.75 Å². The van der Waals surface area contributed by atoms with Crippen LogP contribution in [0.5, 0.6) is 5.75 Å². The molecule has 0 radical (unpaired) electrons. The van der Waals surface area contributed by atoms with Gasteiger partial charge in [-0.05, 0) is 55.2 Å². The summed E-state index contributed by atoms with van der Waals surface area (Å²) in [5.41, 5.74) is 3.59. The number of rotatable bonds is 5. The van der Waals surface area contributed by atoms with Crippen molar-refractivity contribution in [3.63, 3.8) is 0 Å². The lowest BCUT2D eigenvalue weighted by Gasteiger charge is -2.32. The SMILES string of the molecule is CC(c1ccccc1)(c1ccccc1)c1cccc(C=NC2CC3CCC2C3)c1O. The minimum atomic E-state index is -0.455. The van der Waals surface area contributed by atoms with E-state index < -0.39 is 5.41 Å². The maximum atomic E-state index is 11.4. The van der Waals surface area contributed by atoms with Crippen molar-refractivity contribution in [1.82, 2.24) is 0 Å². The van der Waals surface area contributed by atoms with Gasteiger partial charge in [-0.25, -0.2) is 0 Å². The van der Waals surface area contributed by atoms with Gasteiger partial charge in [0.1, 0.15) is 5.75 Å². The number of aliphatic imine (C=N–C) groups is 1. The number of phenolic OH excluding ortho intramolecular Hbond substituents is 1. The smallest absolute Gasteiger partial charge is 0.128 e. The summed E-state index contributed by atoms with van der Waals surface area (Å²) in [6.45, 7) is 2.20. The van der Waals surface area contributed by atoms with Gasteiger partial charge in [0.25, 0.3) is 0 Å². The van der Waals surface area contributed by atoms with Crippen molar-refractivity contribution < 1.29 is 5.11 Å². The lowest BCUT2D eigenvalue weighted by atomic mass is 9.70. The maximum Gasteiger partial charge on any atom is 0.128 e. The molecule has 0 aliphatic heterocycles. The predicted molar refractivity (Wildman–Crippen MR) is 123 cm³/mol. The third-order valence-corrected chi connectivity index (χ3v) is 7.41. The molecule has 2 heteroatoms. The zero-order valence-corrected chi connectivity index (χ0v) is 17.5.